The summed E-state index contributed by atoms with van der Waals surface area (Å²) in [6, 6.07) is 0.641. The summed E-state index contributed by atoms with van der Waals surface area (Å²) in [6.07, 6.45) is 2.63. The van der Waals surface area contributed by atoms with Gasteiger partial charge in [0.1, 0.15) is 0 Å². The highest BCUT2D eigenvalue weighted by Gasteiger charge is 2.33. The van der Waals surface area contributed by atoms with Gasteiger partial charge in [0, 0.05) is 19.1 Å². The van der Waals surface area contributed by atoms with Crippen molar-refractivity contribution in [2.75, 3.05) is 32.7 Å². The number of likely N-dealkylation sites (tertiary alicyclic amines) is 2. The number of aliphatic carboxylic acids is 1. The Morgan fingerprint density at radius 1 is 1.31 bits per heavy atom. The molecule has 2 rings (SSSR count). The first-order valence-corrected chi connectivity index (χ1v) is 4.94. The van der Waals surface area contributed by atoms with Crippen LogP contribution in [0.5, 0.6) is 0 Å². The topological polar surface area (TPSA) is 43.8 Å². The molecule has 0 unspecified atom stereocenters. The fraction of sp³-hybridized carbons (Fsp3) is 0.889. The summed E-state index contributed by atoms with van der Waals surface area (Å²) in [4.78, 5) is 14.9. The summed E-state index contributed by atoms with van der Waals surface area (Å²) in [5, 5.41) is 8.55. The monoisotopic (exact) mass is 184 g/mol. The van der Waals surface area contributed by atoms with E-state index in [2.05, 4.69) is 4.90 Å². The molecule has 0 aromatic carbocycles. The van der Waals surface area contributed by atoms with Crippen LogP contribution < -0.4 is 0 Å². The van der Waals surface area contributed by atoms with Gasteiger partial charge in [0.05, 0.1) is 6.54 Å². The van der Waals surface area contributed by atoms with E-state index in [0.29, 0.717) is 6.04 Å². The maximum Gasteiger partial charge on any atom is 0.317 e. The minimum atomic E-state index is -0.708. The van der Waals surface area contributed by atoms with E-state index in [0.717, 1.165) is 13.1 Å². The summed E-state index contributed by atoms with van der Waals surface area (Å²) < 4.78 is 0. The van der Waals surface area contributed by atoms with E-state index in [1.807, 2.05) is 4.90 Å². The van der Waals surface area contributed by atoms with Crippen LogP contribution in [0.1, 0.15) is 12.8 Å². The fourth-order valence-corrected chi connectivity index (χ4v) is 2.20. The Morgan fingerprint density at radius 3 is 2.46 bits per heavy atom. The lowest BCUT2D eigenvalue weighted by molar-refractivity contribution is -0.140. The van der Waals surface area contributed by atoms with Crippen molar-refractivity contribution in [2.45, 2.75) is 18.9 Å². The van der Waals surface area contributed by atoms with E-state index in [-0.39, 0.29) is 6.54 Å². The smallest absolute Gasteiger partial charge is 0.317 e. The maximum atomic E-state index is 10.4. The van der Waals surface area contributed by atoms with Crippen molar-refractivity contribution in [3.05, 3.63) is 0 Å². The van der Waals surface area contributed by atoms with E-state index in [9.17, 15) is 4.79 Å². The molecular weight excluding hydrogens is 168 g/mol. The molecule has 2 saturated heterocycles. The van der Waals surface area contributed by atoms with E-state index in [1.54, 1.807) is 0 Å². The molecule has 0 spiro atoms. The van der Waals surface area contributed by atoms with Gasteiger partial charge in [-0.05, 0) is 25.9 Å². The van der Waals surface area contributed by atoms with Gasteiger partial charge in [-0.25, -0.2) is 0 Å². The van der Waals surface area contributed by atoms with Gasteiger partial charge in [-0.15, -0.1) is 0 Å². The molecule has 74 valence electrons. The molecule has 0 saturated carbocycles. The Balaban J connectivity index is 1.68. The summed E-state index contributed by atoms with van der Waals surface area (Å²) in [5.41, 5.74) is 0. The van der Waals surface area contributed by atoms with Gasteiger partial charge >= 0.3 is 5.97 Å². The minimum Gasteiger partial charge on any atom is -0.480 e. The minimum absolute atomic E-state index is 0.213. The molecule has 4 heteroatoms. The molecule has 2 aliphatic rings. The molecule has 0 aromatic rings. The van der Waals surface area contributed by atoms with Crippen molar-refractivity contribution < 1.29 is 9.90 Å². The standard InChI is InChI=1S/C9H16N2O2/c12-9(13)7-10-5-8(6-10)11-3-1-2-4-11/h8H,1-7H2,(H,12,13). The Labute approximate surface area is 78.1 Å². The lowest BCUT2D eigenvalue weighted by Crippen LogP contribution is -2.59. The molecule has 0 aromatic heterocycles. The second-order valence-electron chi connectivity index (χ2n) is 3.98. The van der Waals surface area contributed by atoms with Crippen LogP contribution in [0.3, 0.4) is 0 Å². The Bertz CT molecular complexity index is 196. The number of hydrogen-bond acceptors (Lipinski definition) is 3. The van der Waals surface area contributed by atoms with Gasteiger partial charge in [-0.1, -0.05) is 0 Å². The third-order valence-corrected chi connectivity index (χ3v) is 2.95. The third-order valence-electron chi connectivity index (χ3n) is 2.95. The highest BCUT2D eigenvalue weighted by atomic mass is 16.4. The number of hydrogen-bond donors (Lipinski definition) is 1. The van der Waals surface area contributed by atoms with Gasteiger partial charge < -0.3 is 5.11 Å². The SMILES string of the molecule is O=C(O)CN1CC(N2CCCC2)C1. The predicted molar refractivity (Wildman–Crippen MR) is 48.7 cm³/mol. The van der Waals surface area contributed by atoms with E-state index in [4.69, 9.17) is 5.11 Å². The van der Waals surface area contributed by atoms with Gasteiger partial charge in [0.25, 0.3) is 0 Å². The predicted octanol–water partition coefficient (Wildman–Crippen LogP) is -0.149. The number of carbonyl (C=O) groups is 1. The van der Waals surface area contributed by atoms with Crippen LogP contribution in [0.25, 0.3) is 0 Å². The van der Waals surface area contributed by atoms with Crippen LogP contribution in [0, 0.1) is 0 Å². The van der Waals surface area contributed by atoms with Crippen molar-refractivity contribution in [1.29, 1.82) is 0 Å². The largest absolute Gasteiger partial charge is 0.480 e. The number of rotatable bonds is 3. The first kappa shape index (κ1) is 8.97. The fourth-order valence-electron chi connectivity index (χ4n) is 2.20. The van der Waals surface area contributed by atoms with Gasteiger partial charge in [-0.3, -0.25) is 14.6 Å². The van der Waals surface area contributed by atoms with Crippen molar-refractivity contribution in [2.24, 2.45) is 0 Å². The lowest BCUT2D eigenvalue weighted by Gasteiger charge is -2.43. The van der Waals surface area contributed by atoms with Crippen molar-refractivity contribution in [3.63, 3.8) is 0 Å². The van der Waals surface area contributed by atoms with Crippen LogP contribution >= 0.6 is 0 Å². The van der Waals surface area contributed by atoms with E-state index in [1.165, 1.54) is 25.9 Å². The number of carboxylic acids is 1. The first-order valence-electron chi connectivity index (χ1n) is 4.94. The van der Waals surface area contributed by atoms with Crippen molar-refractivity contribution in [3.8, 4) is 0 Å². The van der Waals surface area contributed by atoms with E-state index < -0.39 is 5.97 Å². The second kappa shape index (κ2) is 3.64. The molecule has 0 bridgehead atoms. The molecule has 2 aliphatic heterocycles. The molecule has 0 atom stereocenters. The zero-order valence-electron chi connectivity index (χ0n) is 7.78. The highest BCUT2D eigenvalue weighted by molar-refractivity contribution is 5.69. The second-order valence-corrected chi connectivity index (χ2v) is 3.98. The molecule has 1 N–H and O–H groups in total. The summed E-state index contributed by atoms with van der Waals surface area (Å²) >= 11 is 0. The third kappa shape index (κ3) is 2.00. The normalized spacial score (nSPS) is 26.2. The van der Waals surface area contributed by atoms with Crippen LogP contribution in [0.4, 0.5) is 0 Å². The van der Waals surface area contributed by atoms with Crippen molar-refractivity contribution in [1.82, 2.24) is 9.80 Å². The molecule has 0 aliphatic carbocycles. The Hall–Kier alpha value is -0.610. The molecular formula is C9H16N2O2. The highest BCUT2D eigenvalue weighted by Crippen LogP contribution is 2.19. The average Bonchev–Trinajstić information content (AvgIpc) is 2.46. The van der Waals surface area contributed by atoms with Crippen molar-refractivity contribution >= 4 is 5.97 Å². The average molecular weight is 184 g/mol. The van der Waals surface area contributed by atoms with Crippen LogP contribution in [0.15, 0.2) is 0 Å². The Kier molecular flexibility index (Phi) is 2.51. The molecule has 2 fully saturated rings. The zero-order chi connectivity index (χ0) is 9.26. The van der Waals surface area contributed by atoms with Crippen LogP contribution in [-0.2, 0) is 4.79 Å². The quantitative estimate of drug-likeness (QED) is 0.662. The van der Waals surface area contributed by atoms with Gasteiger partial charge in [0.2, 0.25) is 0 Å². The molecule has 13 heavy (non-hydrogen) atoms. The van der Waals surface area contributed by atoms with Gasteiger partial charge in [0.15, 0.2) is 0 Å². The molecule has 0 radical (unpaired) electrons. The molecule has 0 amide bonds. The van der Waals surface area contributed by atoms with Crippen LogP contribution in [-0.4, -0.2) is 59.6 Å². The maximum absolute atomic E-state index is 10.4. The molecule has 4 nitrogen and oxygen atoms in total. The van der Waals surface area contributed by atoms with E-state index >= 15 is 0 Å². The lowest BCUT2D eigenvalue weighted by atomic mass is 10.1. The Morgan fingerprint density at radius 2 is 1.92 bits per heavy atom. The zero-order valence-corrected chi connectivity index (χ0v) is 7.78. The first-order chi connectivity index (χ1) is 6.25. The summed E-state index contributed by atoms with van der Waals surface area (Å²) in [6.45, 7) is 4.54. The molecule has 2 heterocycles. The van der Waals surface area contributed by atoms with Gasteiger partial charge in [-0.2, -0.15) is 0 Å². The number of nitrogens with zero attached hydrogens (tertiary/aromatic N) is 2. The summed E-state index contributed by atoms with van der Waals surface area (Å²) in [7, 11) is 0. The number of carboxylic acid groups (broad SMARTS) is 1. The van der Waals surface area contributed by atoms with Crippen LogP contribution in [0.2, 0.25) is 0 Å². The summed E-state index contributed by atoms with van der Waals surface area (Å²) in [5.74, 6) is -0.708.